The maximum atomic E-state index is 12.8. The summed E-state index contributed by atoms with van der Waals surface area (Å²) < 4.78 is 7.41. The second-order valence-electron chi connectivity index (χ2n) is 5.96. The average molecular weight is 330 g/mol. The van der Waals surface area contributed by atoms with E-state index in [-0.39, 0.29) is 5.78 Å². The first-order chi connectivity index (χ1) is 12.2. The number of fused-ring (bicyclic) bond motifs is 3. The lowest BCUT2D eigenvalue weighted by Crippen LogP contribution is -2.01. The summed E-state index contributed by atoms with van der Waals surface area (Å²) in [5.74, 6) is 0.675. The van der Waals surface area contributed by atoms with Gasteiger partial charge in [-0.2, -0.15) is 0 Å². The Bertz CT molecular complexity index is 1080. The molecule has 0 aliphatic rings. The molecule has 0 aliphatic carbocycles. The Kier molecular flexibility index (Phi) is 3.73. The molecule has 0 N–H and O–H groups in total. The summed E-state index contributed by atoms with van der Waals surface area (Å²) in [6.45, 7) is 2.09. The first kappa shape index (κ1) is 15.4. The van der Waals surface area contributed by atoms with E-state index in [1.807, 2.05) is 59.0 Å². The van der Waals surface area contributed by atoms with Gasteiger partial charge in [0.15, 0.2) is 0 Å². The van der Waals surface area contributed by atoms with Crippen LogP contribution >= 0.6 is 0 Å². The molecule has 2 aromatic carbocycles. The van der Waals surface area contributed by atoms with E-state index in [9.17, 15) is 4.79 Å². The fourth-order valence-electron chi connectivity index (χ4n) is 3.09. The Balaban J connectivity index is 1.85. The Morgan fingerprint density at radius 3 is 2.60 bits per heavy atom. The Labute approximate surface area is 145 Å². The molecule has 0 atom stereocenters. The van der Waals surface area contributed by atoms with Gasteiger partial charge in [-0.15, -0.1) is 0 Å². The molecule has 0 fully saturated rings. The molecular formula is C21H18N2O2. The molecule has 4 aromatic rings. The number of hydrogen-bond donors (Lipinski definition) is 0. The Morgan fingerprint density at radius 1 is 1.12 bits per heavy atom. The largest absolute Gasteiger partial charge is 0.496 e. The zero-order chi connectivity index (χ0) is 17.4. The molecule has 4 heteroatoms. The lowest BCUT2D eigenvalue weighted by molar-refractivity contribution is 0.103. The lowest BCUT2D eigenvalue weighted by atomic mass is 10.1. The summed E-state index contributed by atoms with van der Waals surface area (Å²) in [5, 5.41) is 0.987. The molecule has 2 aromatic heterocycles. The van der Waals surface area contributed by atoms with Gasteiger partial charge in [-0.3, -0.25) is 9.20 Å². The Morgan fingerprint density at radius 2 is 1.88 bits per heavy atom. The standard InChI is InChI=1S/C21H18N2O2/c1-3-14-8-10-15(11-9-14)21(24)17-13-23-18-7-5-4-6-16(18)19(25-2)12-20(23)22-17/h4-13H,3H2,1-2H3. The van der Waals surface area contributed by atoms with E-state index >= 15 is 0 Å². The molecule has 0 amide bonds. The molecule has 0 saturated heterocycles. The molecular weight excluding hydrogens is 312 g/mol. The van der Waals surface area contributed by atoms with Gasteiger partial charge in [-0.1, -0.05) is 43.3 Å². The number of pyridine rings is 1. The van der Waals surface area contributed by atoms with Crippen LogP contribution in [0.5, 0.6) is 5.75 Å². The molecule has 2 heterocycles. The van der Waals surface area contributed by atoms with Crippen LogP contribution < -0.4 is 4.74 Å². The predicted octanol–water partition coefficient (Wildman–Crippen LogP) is 4.29. The fraction of sp³-hybridized carbons (Fsp3) is 0.143. The number of aromatic nitrogens is 2. The number of hydrogen-bond acceptors (Lipinski definition) is 3. The monoisotopic (exact) mass is 330 g/mol. The third-order valence-corrected chi connectivity index (χ3v) is 4.50. The summed E-state index contributed by atoms with van der Waals surface area (Å²) in [4.78, 5) is 17.3. The quantitative estimate of drug-likeness (QED) is 0.524. The summed E-state index contributed by atoms with van der Waals surface area (Å²) in [6, 6.07) is 17.5. The SMILES string of the molecule is CCc1ccc(C(=O)c2cn3c(cc(OC)c4ccccc43)n2)cc1. The van der Waals surface area contributed by atoms with Gasteiger partial charge in [0, 0.05) is 23.2 Å². The third kappa shape index (κ3) is 2.56. The minimum Gasteiger partial charge on any atom is -0.496 e. The van der Waals surface area contributed by atoms with Crippen LogP contribution in [0.15, 0.2) is 60.8 Å². The summed E-state index contributed by atoms with van der Waals surface area (Å²) in [5.41, 5.74) is 3.95. The number of aryl methyl sites for hydroxylation is 1. The lowest BCUT2D eigenvalue weighted by Gasteiger charge is -2.07. The second-order valence-corrected chi connectivity index (χ2v) is 5.96. The number of carbonyl (C=O) groups excluding carboxylic acids is 1. The van der Waals surface area contributed by atoms with Crippen molar-refractivity contribution in [1.82, 2.24) is 9.38 Å². The van der Waals surface area contributed by atoms with Crippen LogP contribution in [-0.4, -0.2) is 22.3 Å². The first-order valence-corrected chi connectivity index (χ1v) is 8.29. The van der Waals surface area contributed by atoms with Crippen molar-refractivity contribution in [2.75, 3.05) is 7.11 Å². The maximum absolute atomic E-state index is 12.8. The molecule has 25 heavy (non-hydrogen) atoms. The van der Waals surface area contributed by atoms with Gasteiger partial charge in [-0.05, 0) is 24.1 Å². The van der Waals surface area contributed by atoms with Gasteiger partial charge >= 0.3 is 0 Å². The smallest absolute Gasteiger partial charge is 0.212 e. The molecule has 4 nitrogen and oxygen atoms in total. The zero-order valence-electron chi connectivity index (χ0n) is 14.2. The van der Waals surface area contributed by atoms with E-state index in [0.29, 0.717) is 16.9 Å². The van der Waals surface area contributed by atoms with Crippen LogP contribution in [0.1, 0.15) is 28.5 Å². The van der Waals surface area contributed by atoms with Crippen LogP contribution in [0.25, 0.3) is 16.6 Å². The number of nitrogens with zero attached hydrogens (tertiary/aromatic N) is 2. The average Bonchev–Trinajstić information content (AvgIpc) is 3.11. The summed E-state index contributed by atoms with van der Waals surface area (Å²) >= 11 is 0. The minimum atomic E-state index is -0.0746. The predicted molar refractivity (Wildman–Crippen MR) is 98.5 cm³/mol. The number of ketones is 1. The number of para-hydroxylation sites is 1. The van der Waals surface area contributed by atoms with Gasteiger partial charge < -0.3 is 4.74 Å². The van der Waals surface area contributed by atoms with E-state index in [0.717, 1.165) is 23.1 Å². The van der Waals surface area contributed by atoms with Crippen molar-refractivity contribution in [3.05, 3.63) is 77.6 Å². The number of methoxy groups -OCH3 is 1. The molecule has 4 rings (SSSR count). The van der Waals surface area contributed by atoms with Crippen molar-refractivity contribution >= 4 is 22.3 Å². The van der Waals surface area contributed by atoms with Crippen molar-refractivity contribution in [2.45, 2.75) is 13.3 Å². The van der Waals surface area contributed by atoms with Crippen LogP contribution in [0.4, 0.5) is 0 Å². The van der Waals surface area contributed by atoms with E-state index < -0.39 is 0 Å². The van der Waals surface area contributed by atoms with E-state index in [1.165, 1.54) is 5.56 Å². The van der Waals surface area contributed by atoms with Crippen molar-refractivity contribution in [3.8, 4) is 5.75 Å². The number of ether oxygens (including phenoxy) is 1. The van der Waals surface area contributed by atoms with Gasteiger partial charge in [0.05, 0.1) is 12.6 Å². The number of imidazole rings is 1. The first-order valence-electron chi connectivity index (χ1n) is 8.29. The molecule has 0 spiro atoms. The highest BCUT2D eigenvalue weighted by molar-refractivity contribution is 6.08. The zero-order valence-corrected chi connectivity index (χ0v) is 14.2. The minimum absolute atomic E-state index is 0.0746. The van der Waals surface area contributed by atoms with Gasteiger partial charge in [0.25, 0.3) is 0 Å². The Hall–Kier alpha value is -3.14. The van der Waals surface area contributed by atoms with Gasteiger partial charge in [-0.25, -0.2) is 4.98 Å². The normalized spacial score (nSPS) is 11.1. The topological polar surface area (TPSA) is 43.6 Å². The third-order valence-electron chi connectivity index (χ3n) is 4.50. The highest BCUT2D eigenvalue weighted by Gasteiger charge is 2.16. The van der Waals surface area contributed by atoms with Crippen molar-refractivity contribution in [1.29, 1.82) is 0 Å². The molecule has 0 saturated carbocycles. The van der Waals surface area contributed by atoms with Crippen LogP contribution in [0.3, 0.4) is 0 Å². The summed E-state index contributed by atoms with van der Waals surface area (Å²) in [7, 11) is 1.64. The second kappa shape index (κ2) is 6.06. The van der Waals surface area contributed by atoms with E-state index in [4.69, 9.17) is 4.74 Å². The summed E-state index contributed by atoms with van der Waals surface area (Å²) in [6.07, 6.45) is 2.75. The van der Waals surface area contributed by atoms with Crippen LogP contribution in [0.2, 0.25) is 0 Å². The number of rotatable bonds is 4. The molecule has 0 radical (unpaired) electrons. The number of benzene rings is 2. The van der Waals surface area contributed by atoms with Gasteiger partial charge in [0.1, 0.15) is 17.1 Å². The fourth-order valence-corrected chi connectivity index (χ4v) is 3.09. The van der Waals surface area contributed by atoms with Gasteiger partial charge in [0.2, 0.25) is 5.78 Å². The molecule has 0 aliphatic heterocycles. The van der Waals surface area contributed by atoms with Crippen molar-refractivity contribution < 1.29 is 9.53 Å². The van der Waals surface area contributed by atoms with Crippen LogP contribution in [0, 0.1) is 0 Å². The van der Waals surface area contributed by atoms with E-state index in [1.54, 1.807) is 13.3 Å². The van der Waals surface area contributed by atoms with Crippen LogP contribution in [-0.2, 0) is 6.42 Å². The maximum Gasteiger partial charge on any atom is 0.212 e. The molecule has 0 unspecified atom stereocenters. The van der Waals surface area contributed by atoms with E-state index in [2.05, 4.69) is 11.9 Å². The highest BCUT2D eigenvalue weighted by Crippen LogP contribution is 2.28. The van der Waals surface area contributed by atoms with Crippen molar-refractivity contribution in [2.24, 2.45) is 0 Å². The van der Waals surface area contributed by atoms with Crippen molar-refractivity contribution in [3.63, 3.8) is 0 Å². The molecule has 0 bridgehead atoms. The molecule has 124 valence electrons. The highest BCUT2D eigenvalue weighted by atomic mass is 16.5. The number of carbonyl (C=O) groups is 1.